The summed E-state index contributed by atoms with van der Waals surface area (Å²) in [7, 11) is 13.2. The van der Waals surface area contributed by atoms with Crippen LogP contribution >= 0.6 is 56.7 Å². The van der Waals surface area contributed by atoms with Crippen molar-refractivity contribution in [3.63, 3.8) is 0 Å². The Bertz CT molecular complexity index is 561. The van der Waals surface area contributed by atoms with Gasteiger partial charge in [-0.05, 0) is 0 Å². The molecule has 0 aliphatic carbocycles. The number of quaternary nitrogens is 2. The van der Waals surface area contributed by atoms with Crippen molar-refractivity contribution >= 4 is 56.7 Å². The second kappa shape index (κ2) is 13.2. The summed E-state index contributed by atoms with van der Waals surface area (Å²) in [6.07, 6.45) is 0. The quantitative estimate of drug-likeness (QED) is 0.301. The Morgan fingerprint density at radius 3 is 0.963 bits per heavy atom. The summed E-state index contributed by atoms with van der Waals surface area (Å²) in [6, 6.07) is 21.1. The van der Waals surface area contributed by atoms with Crippen LogP contribution in [0.4, 0.5) is 0 Å². The molecule has 0 atom stereocenters. The van der Waals surface area contributed by atoms with Gasteiger partial charge in [-0.3, -0.25) is 0 Å². The number of nitrogens with zero attached hydrogens (tertiary/aromatic N) is 2. The molecule has 27 heavy (non-hydrogen) atoms. The second-order valence-electron chi connectivity index (χ2n) is 8.15. The molecule has 0 aliphatic rings. The van der Waals surface area contributed by atoms with E-state index in [2.05, 4.69) is 160 Å². The monoisotopic (exact) mass is 675 g/mol. The van der Waals surface area contributed by atoms with E-state index in [0.29, 0.717) is 0 Å². The van der Waals surface area contributed by atoms with Crippen molar-refractivity contribution in [3.8, 4) is 0 Å². The predicted molar refractivity (Wildman–Crippen MR) is 132 cm³/mol. The summed E-state index contributed by atoms with van der Waals surface area (Å²) in [5.74, 6) is 0. The van der Waals surface area contributed by atoms with Crippen LogP contribution < -0.4 is 0 Å². The van der Waals surface area contributed by atoms with Crippen molar-refractivity contribution in [1.29, 1.82) is 0 Å². The Balaban J connectivity index is 0.000000405. The summed E-state index contributed by atoms with van der Waals surface area (Å²) in [5.41, 5.74) is 1.68. The van der Waals surface area contributed by atoms with Gasteiger partial charge in [-0.2, -0.15) is 0 Å². The van der Waals surface area contributed by atoms with Crippen LogP contribution in [0.25, 0.3) is 0 Å². The van der Waals surface area contributed by atoms with Gasteiger partial charge in [-0.1, -0.05) is 60.7 Å². The van der Waals surface area contributed by atoms with Crippen molar-refractivity contribution in [1.82, 2.24) is 0 Å². The molecule has 2 aromatic rings. The van der Waals surface area contributed by atoms with Gasteiger partial charge in [0.2, 0.25) is 0 Å². The molecule has 0 bridgehead atoms. The van der Waals surface area contributed by atoms with Gasteiger partial charge in [0.25, 0.3) is 0 Å². The molecule has 0 aromatic heterocycles. The summed E-state index contributed by atoms with van der Waals surface area (Å²) in [5, 5.41) is 0. The summed E-state index contributed by atoms with van der Waals surface area (Å²) < 4.78 is 1.98. The van der Waals surface area contributed by atoms with E-state index >= 15 is 0 Å². The van der Waals surface area contributed by atoms with E-state index in [-0.39, 0.29) is 0 Å². The molecule has 0 saturated carbocycles. The summed E-state index contributed by atoms with van der Waals surface area (Å²) in [6.45, 7) is 2.20. The van der Waals surface area contributed by atoms with Crippen molar-refractivity contribution in [3.05, 3.63) is 71.8 Å². The standard InChI is InChI=1S/2C10H16N.4BrH.Co/c2*1-11(2,3)9-10-7-5-4-6-8-10;;;;;/h2*4-8H,9H2,1-3H3;4*1H;/q2*+1;;;;;+2/p-4. The third kappa shape index (κ3) is 22.9. The van der Waals surface area contributed by atoms with Crippen molar-refractivity contribution in [2.75, 3.05) is 42.3 Å². The molecular weight excluding hydrogens is 647 g/mol. The zero-order valence-electron chi connectivity index (χ0n) is 16.9. The van der Waals surface area contributed by atoms with Crippen LogP contribution in [0.2, 0.25) is 0 Å². The zero-order chi connectivity index (χ0) is 21.1. The molecule has 0 fully saturated rings. The SMILES string of the molecule is C[N+](C)(C)Cc1ccccc1.C[N+](C)(C)Cc1ccccc1.[Br][Co-2]([Br])([Br])[Br]. The minimum atomic E-state index is -1.12. The van der Waals surface area contributed by atoms with E-state index in [9.17, 15) is 0 Å². The molecule has 0 unspecified atom stereocenters. The average molecular weight is 679 g/mol. The summed E-state index contributed by atoms with van der Waals surface area (Å²) >= 11 is 12.9. The molecule has 159 valence electrons. The molecule has 0 amide bonds. The molecule has 0 radical (unpaired) electrons. The Morgan fingerprint density at radius 2 is 0.778 bits per heavy atom. The fraction of sp³-hybridized carbons (Fsp3) is 0.400. The number of rotatable bonds is 4. The van der Waals surface area contributed by atoms with E-state index in [1.807, 2.05) is 0 Å². The molecule has 2 aromatic carbocycles. The maximum atomic E-state index is 3.23. The predicted octanol–water partition coefficient (Wildman–Crippen LogP) is 7.17. The van der Waals surface area contributed by atoms with E-state index in [0.717, 1.165) is 22.1 Å². The topological polar surface area (TPSA) is 0 Å². The van der Waals surface area contributed by atoms with Crippen LogP contribution in [0.5, 0.6) is 0 Å². The molecule has 7 heteroatoms. The van der Waals surface area contributed by atoms with Gasteiger partial charge >= 0.3 is 62.1 Å². The Hall–Kier alpha value is 0.786. The van der Waals surface area contributed by atoms with Crippen LogP contribution in [-0.2, 0) is 18.5 Å². The van der Waals surface area contributed by atoms with Crippen LogP contribution in [-0.4, -0.2) is 51.3 Å². The molecule has 0 N–H and O–H groups in total. The maximum absolute atomic E-state index is 3.23. The van der Waals surface area contributed by atoms with Crippen LogP contribution in [0.1, 0.15) is 11.1 Å². The average Bonchev–Trinajstić information content (AvgIpc) is 2.44. The second-order valence-corrected chi connectivity index (χ2v) is 39.7. The van der Waals surface area contributed by atoms with E-state index in [4.69, 9.17) is 0 Å². The van der Waals surface area contributed by atoms with Crippen molar-refractivity contribution in [2.24, 2.45) is 0 Å². The fourth-order valence-corrected chi connectivity index (χ4v) is 2.26. The third-order valence-electron chi connectivity index (χ3n) is 3.00. The molecule has 0 aliphatic heterocycles. The molecular formula is C20H32Br4CoN2. The first-order valence-corrected chi connectivity index (χ1v) is 18.6. The molecule has 2 rings (SSSR count). The number of hydrogen-bond donors (Lipinski definition) is 0. The first kappa shape index (κ1) is 27.8. The third-order valence-corrected chi connectivity index (χ3v) is 3.00. The molecule has 0 spiro atoms. The number of benzene rings is 2. The molecule has 0 saturated heterocycles. The van der Waals surface area contributed by atoms with Gasteiger partial charge in [0, 0.05) is 11.1 Å². The Morgan fingerprint density at radius 1 is 0.556 bits per heavy atom. The first-order chi connectivity index (χ1) is 12.2. The van der Waals surface area contributed by atoms with Crippen molar-refractivity contribution in [2.45, 2.75) is 13.1 Å². The van der Waals surface area contributed by atoms with E-state index in [1.165, 1.54) is 11.1 Å². The van der Waals surface area contributed by atoms with Gasteiger partial charge in [0.15, 0.2) is 0 Å². The summed E-state index contributed by atoms with van der Waals surface area (Å²) in [4.78, 5) is 0. The fourth-order valence-electron chi connectivity index (χ4n) is 2.26. The Kier molecular flexibility index (Phi) is 13.5. The number of halogens is 4. The molecule has 2 nitrogen and oxygen atoms in total. The first-order valence-electron chi connectivity index (χ1n) is 8.35. The minimum absolute atomic E-state index is 0.990. The molecule has 0 heterocycles. The van der Waals surface area contributed by atoms with Gasteiger partial charge in [0.1, 0.15) is 13.1 Å². The van der Waals surface area contributed by atoms with Crippen LogP contribution in [0.3, 0.4) is 0 Å². The van der Waals surface area contributed by atoms with E-state index < -0.39 is 5.46 Å². The van der Waals surface area contributed by atoms with Crippen LogP contribution in [0, 0.1) is 0 Å². The van der Waals surface area contributed by atoms with Crippen LogP contribution in [0.15, 0.2) is 60.7 Å². The van der Waals surface area contributed by atoms with Crippen molar-refractivity contribution < 1.29 is 14.4 Å². The van der Waals surface area contributed by atoms with Gasteiger partial charge in [-0.15, -0.1) is 0 Å². The zero-order valence-corrected chi connectivity index (χ0v) is 24.3. The Labute approximate surface area is 196 Å². The van der Waals surface area contributed by atoms with E-state index in [1.54, 1.807) is 0 Å². The van der Waals surface area contributed by atoms with Gasteiger partial charge < -0.3 is 8.97 Å². The number of hydrogen-bond acceptors (Lipinski definition) is 0. The normalized spacial score (nSPS) is 12.2. The van der Waals surface area contributed by atoms with Gasteiger partial charge in [0.05, 0.1) is 42.3 Å². The van der Waals surface area contributed by atoms with Gasteiger partial charge in [-0.25, -0.2) is 0 Å².